The van der Waals surface area contributed by atoms with E-state index in [2.05, 4.69) is 41.9 Å². The Morgan fingerprint density at radius 2 is 1.90 bits per heavy atom. The zero-order chi connectivity index (χ0) is 20.4. The Labute approximate surface area is 178 Å². The zero-order valence-electron chi connectivity index (χ0n) is 15.8. The van der Waals surface area contributed by atoms with Crippen LogP contribution in [-0.4, -0.2) is 10.8 Å². The summed E-state index contributed by atoms with van der Waals surface area (Å²) in [4.78, 5) is 16.7. The lowest BCUT2D eigenvalue weighted by Crippen LogP contribution is -2.01. The van der Waals surface area contributed by atoms with Crippen molar-refractivity contribution in [1.29, 1.82) is 0 Å². The van der Waals surface area contributed by atoms with Gasteiger partial charge in [-0.15, -0.1) is 11.3 Å². The Bertz CT molecular complexity index is 1230. The van der Waals surface area contributed by atoms with Gasteiger partial charge in [0, 0.05) is 16.5 Å². The maximum atomic E-state index is 12.0. The molecule has 0 saturated carbocycles. The standard InChI is InChI=1S/C24H18ClNO2S/c1-15(2)24(27)20-10-9-19(12-21(20)25)28-13-23-26-22(14-29-23)18-8-7-16-5-3-4-6-17(16)11-18/h3-12,14H,1,13H2,2H3. The number of halogens is 1. The van der Waals surface area contributed by atoms with Gasteiger partial charge in [0.1, 0.15) is 17.4 Å². The van der Waals surface area contributed by atoms with E-state index in [0.29, 0.717) is 28.5 Å². The van der Waals surface area contributed by atoms with Crippen molar-refractivity contribution in [2.24, 2.45) is 0 Å². The number of rotatable bonds is 6. The summed E-state index contributed by atoms with van der Waals surface area (Å²) in [5, 5.41) is 5.65. The number of ether oxygens (including phenoxy) is 1. The van der Waals surface area contributed by atoms with Gasteiger partial charge >= 0.3 is 0 Å². The number of carbonyl (C=O) groups is 1. The van der Waals surface area contributed by atoms with Crippen LogP contribution in [0.25, 0.3) is 22.0 Å². The molecule has 0 N–H and O–H groups in total. The third kappa shape index (κ3) is 4.24. The van der Waals surface area contributed by atoms with E-state index in [1.165, 1.54) is 10.8 Å². The molecule has 0 amide bonds. The molecule has 4 aromatic rings. The van der Waals surface area contributed by atoms with Crippen molar-refractivity contribution < 1.29 is 9.53 Å². The van der Waals surface area contributed by atoms with Gasteiger partial charge in [-0.25, -0.2) is 4.98 Å². The SMILES string of the molecule is C=C(C)C(=O)c1ccc(OCc2nc(-c3ccc4ccccc4c3)cs2)cc1Cl. The number of aromatic nitrogens is 1. The quantitative estimate of drug-likeness (QED) is 0.250. The molecule has 3 nitrogen and oxygen atoms in total. The lowest BCUT2D eigenvalue weighted by atomic mass is 10.1. The summed E-state index contributed by atoms with van der Waals surface area (Å²) in [5.41, 5.74) is 2.89. The fraction of sp³-hybridized carbons (Fsp3) is 0.0833. The summed E-state index contributed by atoms with van der Waals surface area (Å²) in [6, 6.07) is 19.6. The van der Waals surface area contributed by atoms with Crippen LogP contribution in [-0.2, 0) is 6.61 Å². The molecule has 0 radical (unpaired) electrons. The van der Waals surface area contributed by atoms with Crippen LogP contribution in [0.2, 0.25) is 5.02 Å². The molecule has 0 atom stereocenters. The Balaban J connectivity index is 1.47. The molecule has 0 bridgehead atoms. The van der Waals surface area contributed by atoms with Crippen LogP contribution < -0.4 is 4.74 Å². The summed E-state index contributed by atoms with van der Waals surface area (Å²) in [5.74, 6) is 0.428. The Hall–Kier alpha value is -2.95. The minimum Gasteiger partial charge on any atom is -0.486 e. The zero-order valence-corrected chi connectivity index (χ0v) is 17.4. The lowest BCUT2D eigenvalue weighted by molar-refractivity contribution is 0.103. The van der Waals surface area contributed by atoms with Crippen molar-refractivity contribution >= 4 is 39.5 Å². The number of nitrogens with zero attached hydrogens (tertiary/aromatic N) is 1. The van der Waals surface area contributed by atoms with Crippen LogP contribution in [0.1, 0.15) is 22.3 Å². The van der Waals surface area contributed by atoms with Gasteiger partial charge in [-0.1, -0.05) is 54.6 Å². The van der Waals surface area contributed by atoms with Crippen LogP contribution in [0.4, 0.5) is 0 Å². The fourth-order valence-corrected chi connectivity index (χ4v) is 3.97. The second kappa shape index (κ2) is 8.19. The van der Waals surface area contributed by atoms with Gasteiger partial charge in [0.25, 0.3) is 0 Å². The van der Waals surface area contributed by atoms with Crippen LogP contribution in [0.3, 0.4) is 0 Å². The van der Waals surface area contributed by atoms with Crippen LogP contribution in [0.5, 0.6) is 5.75 Å². The monoisotopic (exact) mass is 419 g/mol. The summed E-state index contributed by atoms with van der Waals surface area (Å²) >= 11 is 7.78. The molecule has 0 saturated heterocycles. The Kier molecular flexibility index (Phi) is 5.47. The fourth-order valence-electron chi connectivity index (χ4n) is 3.00. The smallest absolute Gasteiger partial charge is 0.189 e. The normalized spacial score (nSPS) is 10.8. The summed E-state index contributed by atoms with van der Waals surface area (Å²) in [6.07, 6.45) is 0. The average molecular weight is 420 g/mol. The minimum atomic E-state index is -0.165. The maximum Gasteiger partial charge on any atom is 0.189 e. The highest BCUT2D eigenvalue weighted by Crippen LogP contribution is 2.28. The number of benzene rings is 3. The molecule has 144 valence electrons. The molecule has 0 aliphatic carbocycles. The number of carbonyl (C=O) groups excluding carboxylic acids is 1. The van der Waals surface area contributed by atoms with Crippen molar-refractivity contribution in [1.82, 2.24) is 4.98 Å². The third-order valence-corrected chi connectivity index (χ3v) is 5.67. The maximum absolute atomic E-state index is 12.0. The molecule has 1 heterocycles. The van der Waals surface area contributed by atoms with Gasteiger partial charge in [-0.3, -0.25) is 4.79 Å². The number of fused-ring (bicyclic) bond motifs is 1. The second-order valence-corrected chi connectivity index (χ2v) is 8.08. The van der Waals surface area contributed by atoms with Crippen LogP contribution in [0.15, 0.2) is 78.2 Å². The molecule has 1 aromatic heterocycles. The van der Waals surface area contributed by atoms with Gasteiger partial charge in [0.2, 0.25) is 0 Å². The number of thiazole rings is 1. The molecule has 3 aromatic carbocycles. The van der Waals surface area contributed by atoms with E-state index < -0.39 is 0 Å². The van der Waals surface area contributed by atoms with Crippen molar-refractivity contribution in [3.8, 4) is 17.0 Å². The second-order valence-electron chi connectivity index (χ2n) is 6.73. The first-order valence-corrected chi connectivity index (χ1v) is 10.3. The molecular formula is C24H18ClNO2S. The number of Topliss-reactive ketones (excluding diaryl/α,β-unsaturated/α-hetero) is 1. The molecule has 29 heavy (non-hydrogen) atoms. The molecule has 0 aliphatic rings. The predicted molar refractivity (Wildman–Crippen MR) is 120 cm³/mol. The average Bonchev–Trinajstić information content (AvgIpc) is 3.20. The predicted octanol–water partition coefficient (Wildman–Crippen LogP) is 6.95. The van der Waals surface area contributed by atoms with Crippen molar-refractivity contribution in [2.45, 2.75) is 13.5 Å². The highest BCUT2D eigenvalue weighted by molar-refractivity contribution is 7.09. The molecule has 0 unspecified atom stereocenters. The highest BCUT2D eigenvalue weighted by atomic mass is 35.5. The van der Waals surface area contributed by atoms with Crippen LogP contribution >= 0.6 is 22.9 Å². The minimum absolute atomic E-state index is 0.165. The lowest BCUT2D eigenvalue weighted by Gasteiger charge is -2.07. The van der Waals surface area contributed by atoms with Crippen molar-refractivity contribution in [3.05, 3.63) is 93.8 Å². The third-order valence-electron chi connectivity index (χ3n) is 4.53. The first kappa shape index (κ1) is 19.4. The first-order valence-electron chi connectivity index (χ1n) is 9.07. The highest BCUT2D eigenvalue weighted by Gasteiger charge is 2.12. The van der Waals surface area contributed by atoms with E-state index in [4.69, 9.17) is 16.3 Å². The first-order chi connectivity index (χ1) is 14.0. The molecule has 0 fully saturated rings. The van der Waals surface area contributed by atoms with E-state index in [1.807, 2.05) is 17.5 Å². The molecule has 0 aliphatic heterocycles. The number of hydrogen-bond acceptors (Lipinski definition) is 4. The van der Waals surface area contributed by atoms with Crippen molar-refractivity contribution in [3.63, 3.8) is 0 Å². The van der Waals surface area contributed by atoms with E-state index in [0.717, 1.165) is 16.3 Å². The molecule has 0 spiro atoms. The summed E-state index contributed by atoms with van der Waals surface area (Å²) < 4.78 is 5.82. The number of ketones is 1. The molecule has 5 heteroatoms. The molecular weight excluding hydrogens is 402 g/mol. The van der Waals surface area contributed by atoms with Crippen LogP contribution in [0, 0.1) is 0 Å². The van der Waals surface area contributed by atoms with Gasteiger partial charge in [0.15, 0.2) is 5.78 Å². The Morgan fingerprint density at radius 1 is 1.10 bits per heavy atom. The van der Waals surface area contributed by atoms with Crippen molar-refractivity contribution in [2.75, 3.05) is 0 Å². The topological polar surface area (TPSA) is 39.2 Å². The van der Waals surface area contributed by atoms with E-state index in [9.17, 15) is 4.79 Å². The van der Waals surface area contributed by atoms with Gasteiger partial charge in [-0.05, 0) is 47.5 Å². The van der Waals surface area contributed by atoms with E-state index >= 15 is 0 Å². The number of hydrogen-bond donors (Lipinski definition) is 0. The molecule has 4 rings (SSSR count). The van der Waals surface area contributed by atoms with Gasteiger partial charge in [-0.2, -0.15) is 0 Å². The van der Waals surface area contributed by atoms with Gasteiger partial charge in [0.05, 0.1) is 10.7 Å². The van der Waals surface area contributed by atoms with E-state index in [1.54, 1.807) is 36.5 Å². The summed E-state index contributed by atoms with van der Waals surface area (Å²) in [6.45, 7) is 5.67. The van der Waals surface area contributed by atoms with Gasteiger partial charge < -0.3 is 4.74 Å². The Morgan fingerprint density at radius 3 is 2.66 bits per heavy atom. The van der Waals surface area contributed by atoms with E-state index in [-0.39, 0.29) is 5.78 Å². The number of allylic oxidation sites excluding steroid dienone is 1. The largest absolute Gasteiger partial charge is 0.486 e. The summed E-state index contributed by atoms with van der Waals surface area (Å²) in [7, 11) is 0.